The van der Waals surface area contributed by atoms with Gasteiger partial charge in [-0.15, -0.1) is 0 Å². The summed E-state index contributed by atoms with van der Waals surface area (Å²) in [4.78, 5) is 23.0. The summed E-state index contributed by atoms with van der Waals surface area (Å²) >= 11 is 0. The van der Waals surface area contributed by atoms with Crippen LogP contribution in [0.25, 0.3) is 0 Å². The van der Waals surface area contributed by atoms with Gasteiger partial charge in [0.2, 0.25) is 0 Å². The number of halogens is 1. The fraction of sp³-hybridized carbons (Fsp3) is 0.429. The highest BCUT2D eigenvalue weighted by Gasteiger charge is 2.36. The number of amides is 2. The molecule has 5 nitrogen and oxygen atoms in total. The Hall–Kier alpha value is -2.11. The van der Waals surface area contributed by atoms with Crippen molar-refractivity contribution in [2.45, 2.75) is 38.1 Å². The summed E-state index contributed by atoms with van der Waals surface area (Å²) in [5, 5.41) is 14.3. The Balaban J connectivity index is 2.11. The van der Waals surface area contributed by atoms with Crippen LogP contribution < -0.4 is 10.6 Å². The lowest BCUT2D eigenvalue weighted by molar-refractivity contribution is 0.0698. The van der Waals surface area contributed by atoms with Gasteiger partial charge in [-0.1, -0.05) is 6.92 Å². The lowest BCUT2D eigenvalue weighted by Crippen LogP contribution is -2.54. The third kappa shape index (κ3) is 2.89. The maximum atomic E-state index is 13.2. The Labute approximate surface area is 116 Å². The van der Waals surface area contributed by atoms with E-state index in [2.05, 4.69) is 10.6 Å². The maximum absolute atomic E-state index is 13.2. The first-order chi connectivity index (χ1) is 9.46. The van der Waals surface area contributed by atoms with Gasteiger partial charge >= 0.3 is 12.0 Å². The summed E-state index contributed by atoms with van der Waals surface area (Å²) in [6, 6.07) is 2.68. The number of carboxylic acids is 1. The van der Waals surface area contributed by atoms with Crippen molar-refractivity contribution in [2.24, 2.45) is 0 Å². The van der Waals surface area contributed by atoms with Gasteiger partial charge in [0.25, 0.3) is 0 Å². The molecule has 0 radical (unpaired) electrons. The SMILES string of the molecule is CCC1(NC(=O)Nc2cc(F)ccc2C(=O)O)CCC1. The van der Waals surface area contributed by atoms with Crippen LogP contribution in [0.5, 0.6) is 0 Å². The van der Waals surface area contributed by atoms with Crippen molar-refractivity contribution in [3.8, 4) is 0 Å². The van der Waals surface area contributed by atoms with E-state index in [4.69, 9.17) is 5.11 Å². The number of hydrogen-bond donors (Lipinski definition) is 3. The van der Waals surface area contributed by atoms with Crippen LogP contribution in [0.15, 0.2) is 18.2 Å². The van der Waals surface area contributed by atoms with Gasteiger partial charge in [0, 0.05) is 5.54 Å². The molecule has 0 aromatic heterocycles. The average molecular weight is 280 g/mol. The van der Waals surface area contributed by atoms with Crippen LogP contribution in [0.4, 0.5) is 14.9 Å². The van der Waals surface area contributed by atoms with Crippen LogP contribution in [0, 0.1) is 5.82 Å². The Kier molecular flexibility index (Phi) is 3.92. The zero-order valence-electron chi connectivity index (χ0n) is 11.2. The molecule has 1 saturated carbocycles. The first-order valence-corrected chi connectivity index (χ1v) is 6.58. The number of urea groups is 1. The van der Waals surface area contributed by atoms with Gasteiger partial charge in [-0.2, -0.15) is 0 Å². The van der Waals surface area contributed by atoms with Crippen LogP contribution in [0.2, 0.25) is 0 Å². The van der Waals surface area contributed by atoms with Crippen molar-refractivity contribution >= 4 is 17.7 Å². The predicted octanol–water partition coefficient (Wildman–Crippen LogP) is 2.98. The van der Waals surface area contributed by atoms with E-state index in [0.717, 1.165) is 43.9 Å². The molecular weight excluding hydrogens is 263 g/mol. The highest BCUT2D eigenvalue weighted by atomic mass is 19.1. The largest absolute Gasteiger partial charge is 0.478 e. The molecule has 20 heavy (non-hydrogen) atoms. The third-order valence-electron chi connectivity index (χ3n) is 3.83. The molecule has 2 amide bonds. The third-order valence-corrected chi connectivity index (χ3v) is 3.83. The molecule has 1 aliphatic rings. The van der Waals surface area contributed by atoms with E-state index in [-0.39, 0.29) is 16.8 Å². The van der Waals surface area contributed by atoms with Gasteiger partial charge in [-0.3, -0.25) is 0 Å². The quantitative estimate of drug-likeness (QED) is 0.793. The molecule has 0 heterocycles. The maximum Gasteiger partial charge on any atom is 0.337 e. The monoisotopic (exact) mass is 280 g/mol. The van der Waals surface area contributed by atoms with Crippen molar-refractivity contribution in [3.63, 3.8) is 0 Å². The van der Waals surface area contributed by atoms with Gasteiger partial charge in [-0.25, -0.2) is 14.0 Å². The minimum atomic E-state index is -1.21. The first-order valence-electron chi connectivity index (χ1n) is 6.58. The standard InChI is InChI=1S/C14H17FN2O3/c1-2-14(6-3-7-14)17-13(20)16-11-8-9(15)4-5-10(11)12(18)19/h4-5,8H,2-3,6-7H2,1H3,(H,18,19)(H2,16,17,20). The molecule has 0 spiro atoms. The van der Waals surface area contributed by atoms with Crippen LogP contribution in [0.3, 0.4) is 0 Å². The van der Waals surface area contributed by atoms with Crippen molar-refractivity contribution in [1.29, 1.82) is 0 Å². The van der Waals surface area contributed by atoms with E-state index in [1.165, 1.54) is 0 Å². The zero-order valence-corrected chi connectivity index (χ0v) is 11.2. The number of rotatable bonds is 4. The van der Waals surface area contributed by atoms with Crippen LogP contribution in [-0.4, -0.2) is 22.6 Å². The molecule has 1 aliphatic carbocycles. The zero-order chi connectivity index (χ0) is 14.8. The summed E-state index contributed by atoms with van der Waals surface area (Å²) in [6.07, 6.45) is 3.70. The topological polar surface area (TPSA) is 78.4 Å². The number of carbonyl (C=O) groups is 2. The molecule has 108 valence electrons. The Bertz CT molecular complexity index is 536. The van der Waals surface area contributed by atoms with Crippen molar-refractivity contribution in [3.05, 3.63) is 29.6 Å². The minimum absolute atomic E-state index is 0.0411. The Morgan fingerprint density at radius 3 is 2.60 bits per heavy atom. The highest BCUT2D eigenvalue weighted by molar-refractivity contribution is 6.00. The minimum Gasteiger partial charge on any atom is -0.478 e. The summed E-state index contributed by atoms with van der Waals surface area (Å²) in [6.45, 7) is 1.99. The molecule has 3 N–H and O–H groups in total. The summed E-state index contributed by atoms with van der Waals surface area (Å²) in [5.74, 6) is -1.81. The molecule has 0 aliphatic heterocycles. The van der Waals surface area contributed by atoms with Gasteiger partial charge in [0.1, 0.15) is 5.82 Å². The number of benzene rings is 1. The van der Waals surface area contributed by atoms with Gasteiger partial charge in [0.15, 0.2) is 0 Å². The second-order valence-corrected chi connectivity index (χ2v) is 5.06. The molecular formula is C14H17FN2O3. The summed E-state index contributed by atoms with van der Waals surface area (Å²) in [5.41, 5.74) is -0.387. The predicted molar refractivity (Wildman–Crippen MR) is 72.4 cm³/mol. The van der Waals surface area contributed by atoms with E-state index in [9.17, 15) is 14.0 Å². The molecule has 1 fully saturated rings. The normalized spacial score (nSPS) is 16.1. The van der Waals surface area contributed by atoms with Crippen LogP contribution in [0.1, 0.15) is 43.0 Å². The molecule has 0 unspecified atom stereocenters. The van der Waals surface area contributed by atoms with Crippen molar-refractivity contribution in [2.75, 3.05) is 5.32 Å². The lowest BCUT2D eigenvalue weighted by atomic mass is 9.75. The fourth-order valence-corrected chi connectivity index (χ4v) is 2.37. The molecule has 6 heteroatoms. The number of aromatic carboxylic acids is 1. The first kappa shape index (κ1) is 14.3. The molecule has 1 aromatic rings. The van der Waals surface area contributed by atoms with Gasteiger partial charge in [0.05, 0.1) is 11.3 Å². The Morgan fingerprint density at radius 2 is 2.10 bits per heavy atom. The summed E-state index contributed by atoms with van der Waals surface area (Å²) in [7, 11) is 0. The second-order valence-electron chi connectivity index (χ2n) is 5.06. The van der Waals surface area contributed by atoms with E-state index in [1.807, 2.05) is 6.92 Å². The molecule has 0 bridgehead atoms. The molecule has 2 rings (SSSR count). The fourth-order valence-electron chi connectivity index (χ4n) is 2.37. The molecule has 1 aromatic carbocycles. The van der Waals surface area contributed by atoms with E-state index >= 15 is 0 Å². The van der Waals surface area contributed by atoms with Gasteiger partial charge in [-0.05, 0) is 43.9 Å². The molecule has 0 atom stereocenters. The number of carbonyl (C=O) groups excluding carboxylic acids is 1. The summed E-state index contributed by atoms with van der Waals surface area (Å²) < 4.78 is 13.2. The number of carboxylic acid groups (broad SMARTS) is 1. The van der Waals surface area contributed by atoms with Crippen molar-refractivity contribution in [1.82, 2.24) is 5.32 Å². The second kappa shape index (κ2) is 5.48. The van der Waals surface area contributed by atoms with E-state index < -0.39 is 17.8 Å². The highest BCUT2D eigenvalue weighted by Crippen LogP contribution is 2.34. The van der Waals surface area contributed by atoms with Crippen molar-refractivity contribution < 1.29 is 19.1 Å². The van der Waals surface area contributed by atoms with Gasteiger partial charge < -0.3 is 15.7 Å². The number of nitrogens with one attached hydrogen (secondary N) is 2. The lowest BCUT2D eigenvalue weighted by Gasteiger charge is -2.41. The average Bonchev–Trinajstić information content (AvgIpc) is 2.33. The number of anilines is 1. The van der Waals surface area contributed by atoms with Crippen LogP contribution in [-0.2, 0) is 0 Å². The molecule has 0 saturated heterocycles. The Morgan fingerprint density at radius 1 is 1.40 bits per heavy atom. The smallest absolute Gasteiger partial charge is 0.337 e. The van der Waals surface area contributed by atoms with E-state index in [0.29, 0.717) is 0 Å². The van der Waals surface area contributed by atoms with Crippen LogP contribution >= 0.6 is 0 Å². The van der Waals surface area contributed by atoms with E-state index in [1.54, 1.807) is 0 Å². The number of hydrogen-bond acceptors (Lipinski definition) is 2.